The predicted molar refractivity (Wildman–Crippen MR) is 85.4 cm³/mol. The van der Waals surface area contributed by atoms with Gasteiger partial charge in [0.2, 0.25) is 5.95 Å². The second-order valence-electron chi connectivity index (χ2n) is 4.91. The van der Waals surface area contributed by atoms with Crippen LogP contribution in [0.25, 0.3) is 11.3 Å². The first-order chi connectivity index (χ1) is 11.2. The molecule has 0 amide bonds. The number of aromatic nitrogens is 4. The zero-order valence-corrected chi connectivity index (χ0v) is 12.7. The van der Waals surface area contributed by atoms with Crippen LogP contribution < -0.4 is 5.32 Å². The third-order valence-corrected chi connectivity index (χ3v) is 3.31. The fraction of sp³-hybridized carbons (Fsp3) is 0.125. The molecule has 3 rings (SSSR count). The highest BCUT2D eigenvalue weighted by Gasteiger charge is 2.09. The Morgan fingerprint density at radius 3 is 2.65 bits per heavy atom. The van der Waals surface area contributed by atoms with E-state index < -0.39 is 0 Å². The average Bonchev–Trinajstić information content (AvgIpc) is 3.09. The van der Waals surface area contributed by atoms with Crippen molar-refractivity contribution >= 4 is 17.6 Å². The van der Waals surface area contributed by atoms with Gasteiger partial charge in [0.1, 0.15) is 0 Å². The van der Waals surface area contributed by atoms with E-state index in [2.05, 4.69) is 25.5 Å². The second-order valence-corrected chi connectivity index (χ2v) is 4.91. The lowest BCUT2D eigenvalue weighted by Gasteiger charge is -2.08. The summed E-state index contributed by atoms with van der Waals surface area (Å²) in [5.41, 5.74) is 3.91. The summed E-state index contributed by atoms with van der Waals surface area (Å²) in [5, 5.41) is 9.65. The Morgan fingerprint density at radius 1 is 1.22 bits per heavy atom. The molecule has 0 spiro atoms. The van der Waals surface area contributed by atoms with Crippen LogP contribution in [0.15, 0.2) is 42.9 Å². The topological polar surface area (TPSA) is 92.8 Å². The van der Waals surface area contributed by atoms with Crippen LogP contribution in [0.1, 0.15) is 15.9 Å². The zero-order valence-electron chi connectivity index (χ0n) is 12.7. The summed E-state index contributed by atoms with van der Waals surface area (Å²) in [4.78, 5) is 20.3. The predicted octanol–water partition coefficient (Wildman–Crippen LogP) is 2.71. The SMILES string of the molecule is COC(=O)c1ccc(-c2nc(Nc3cn[nH]c3)ncc2C)cc1. The molecule has 7 nitrogen and oxygen atoms in total. The van der Waals surface area contributed by atoms with Crippen molar-refractivity contribution in [3.63, 3.8) is 0 Å². The van der Waals surface area contributed by atoms with Crippen LogP contribution in [-0.2, 0) is 4.74 Å². The maximum absolute atomic E-state index is 11.5. The number of carbonyl (C=O) groups is 1. The van der Waals surface area contributed by atoms with E-state index in [1.807, 2.05) is 19.1 Å². The van der Waals surface area contributed by atoms with Gasteiger partial charge in [-0.3, -0.25) is 5.10 Å². The van der Waals surface area contributed by atoms with E-state index in [-0.39, 0.29) is 5.97 Å². The van der Waals surface area contributed by atoms with E-state index in [1.165, 1.54) is 7.11 Å². The first-order valence-electron chi connectivity index (χ1n) is 6.95. The molecule has 0 unspecified atom stereocenters. The molecule has 0 saturated carbocycles. The second kappa shape index (κ2) is 6.27. The van der Waals surface area contributed by atoms with Gasteiger partial charge in [0.15, 0.2) is 0 Å². The Kier molecular flexibility index (Phi) is 4.01. The van der Waals surface area contributed by atoms with Crippen LogP contribution >= 0.6 is 0 Å². The molecule has 2 N–H and O–H groups in total. The smallest absolute Gasteiger partial charge is 0.337 e. The van der Waals surface area contributed by atoms with Gasteiger partial charge in [-0.15, -0.1) is 0 Å². The van der Waals surface area contributed by atoms with Crippen molar-refractivity contribution < 1.29 is 9.53 Å². The molecular formula is C16H15N5O2. The minimum atomic E-state index is -0.363. The van der Waals surface area contributed by atoms with Crippen LogP contribution in [0.3, 0.4) is 0 Å². The summed E-state index contributed by atoms with van der Waals surface area (Å²) < 4.78 is 4.70. The van der Waals surface area contributed by atoms with Gasteiger partial charge in [-0.05, 0) is 24.6 Å². The number of benzene rings is 1. The Labute approximate surface area is 132 Å². The molecule has 2 aromatic heterocycles. The molecule has 0 atom stereocenters. The molecule has 1 aromatic carbocycles. The molecule has 23 heavy (non-hydrogen) atoms. The summed E-state index contributed by atoms with van der Waals surface area (Å²) in [7, 11) is 1.36. The molecule has 0 fully saturated rings. The number of rotatable bonds is 4. The lowest BCUT2D eigenvalue weighted by Crippen LogP contribution is -2.01. The Morgan fingerprint density at radius 2 is 2.00 bits per heavy atom. The van der Waals surface area contributed by atoms with E-state index in [1.54, 1.807) is 30.7 Å². The number of nitrogens with zero attached hydrogens (tertiary/aromatic N) is 3. The molecule has 0 aliphatic rings. The van der Waals surface area contributed by atoms with Gasteiger partial charge in [0, 0.05) is 18.0 Å². The van der Waals surface area contributed by atoms with Crippen molar-refractivity contribution in [3.05, 3.63) is 54.0 Å². The number of nitrogens with one attached hydrogen (secondary N) is 2. The lowest BCUT2D eigenvalue weighted by atomic mass is 10.1. The van der Waals surface area contributed by atoms with Crippen molar-refractivity contribution in [1.82, 2.24) is 20.2 Å². The van der Waals surface area contributed by atoms with E-state index in [9.17, 15) is 4.79 Å². The van der Waals surface area contributed by atoms with E-state index >= 15 is 0 Å². The number of anilines is 2. The lowest BCUT2D eigenvalue weighted by molar-refractivity contribution is 0.0601. The Balaban J connectivity index is 1.90. The van der Waals surface area contributed by atoms with E-state index in [4.69, 9.17) is 4.74 Å². The maximum atomic E-state index is 11.5. The van der Waals surface area contributed by atoms with Gasteiger partial charge in [0.05, 0.1) is 30.3 Å². The van der Waals surface area contributed by atoms with Crippen molar-refractivity contribution in [2.45, 2.75) is 6.92 Å². The highest BCUT2D eigenvalue weighted by atomic mass is 16.5. The van der Waals surface area contributed by atoms with Crippen LogP contribution in [0.4, 0.5) is 11.6 Å². The average molecular weight is 309 g/mol. The molecule has 0 radical (unpaired) electrons. The van der Waals surface area contributed by atoms with Gasteiger partial charge >= 0.3 is 5.97 Å². The Hall–Kier alpha value is -3.22. The minimum absolute atomic E-state index is 0.363. The number of aryl methyl sites for hydroxylation is 1. The molecule has 116 valence electrons. The number of hydrogen-bond acceptors (Lipinski definition) is 6. The number of hydrogen-bond donors (Lipinski definition) is 2. The summed E-state index contributed by atoms with van der Waals surface area (Å²) >= 11 is 0. The van der Waals surface area contributed by atoms with E-state index in [0.717, 1.165) is 22.5 Å². The fourth-order valence-corrected chi connectivity index (χ4v) is 2.12. The van der Waals surface area contributed by atoms with Gasteiger partial charge in [-0.1, -0.05) is 12.1 Å². The summed E-state index contributed by atoms with van der Waals surface area (Å²) in [6.07, 6.45) is 5.11. The number of carbonyl (C=O) groups excluding carboxylic acids is 1. The number of ether oxygens (including phenoxy) is 1. The molecule has 0 bridgehead atoms. The zero-order chi connectivity index (χ0) is 16.2. The fourth-order valence-electron chi connectivity index (χ4n) is 2.12. The van der Waals surface area contributed by atoms with Crippen LogP contribution in [0.5, 0.6) is 0 Å². The van der Waals surface area contributed by atoms with Crippen molar-refractivity contribution in [2.75, 3.05) is 12.4 Å². The van der Waals surface area contributed by atoms with Gasteiger partial charge in [-0.25, -0.2) is 14.8 Å². The first kappa shape index (κ1) is 14.7. The monoisotopic (exact) mass is 309 g/mol. The van der Waals surface area contributed by atoms with Crippen molar-refractivity contribution in [3.8, 4) is 11.3 Å². The number of methoxy groups -OCH3 is 1. The summed E-state index contributed by atoms with van der Waals surface area (Å²) in [5.74, 6) is 0.113. The van der Waals surface area contributed by atoms with Gasteiger partial charge in [0.25, 0.3) is 0 Å². The Bertz CT molecular complexity index is 813. The molecule has 3 aromatic rings. The third kappa shape index (κ3) is 3.18. The van der Waals surface area contributed by atoms with Crippen LogP contribution in [-0.4, -0.2) is 33.2 Å². The first-order valence-corrected chi connectivity index (χ1v) is 6.95. The van der Waals surface area contributed by atoms with Crippen molar-refractivity contribution in [1.29, 1.82) is 0 Å². The van der Waals surface area contributed by atoms with Crippen LogP contribution in [0, 0.1) is 6.92 Å². The van der Waals surface area contributed by atoms with E-state index in [0.29, 0.717) is 11.5 Å². The highest BCUT2D eigenvalue weighted by molar-refractivity contribution is 5.89. The number of H-pyrrole nitrogens is 1. The third-order valence-electron chi connectivity index (χ3n) is 3.31. The summed E-state index contributed by atoms with van der Waals surface area (Å²) in [6.45, 7) is 1.94. The minimum Gasteiger partial charge on any atom is -0.465 e. The molecule has 7 heteroatoms. The normalized spacial score (nSPS) is 10.3. The van der Waals surface area contributed by atoms with Gasteiger partial charge in [-0.2, -0.15) is 5.10 Å². The molecule has 0 aliphatic heterocycles. The highest BCUT2D eigenvalue weighted by Crippen LogP contribution is 2.23. The molecule has 2 heterocycles. The van der Waals surface area contributed by atoms with Crippen molar-refractivity contribution in [2.24, 2.45) is 0 Å². The number of esters is 1. The summed E-state index contributed by atoms with van der Waals surface area (Å²) in [6, 6.07) is 7.10. The maximum Gasteiger partial charge on any atom is 0.337 e. The molecule has 0 saturated heterocycles. The van der Waals surface area contributed by atoms with Crippen LogP contribution in [0.2, 0.25) is 0 Å². The molecule has 0 aliphatic carbocycles. The largest absolute Gasteiger partial charge is 0.465 e. The standard InChI is InChI=1S/C16H15N5O2/c1-10-7-17-16(20-13-8-18-19-9-13)21-14(10)11-3-5-12(6-4-11)15(22)23-2/h3-9H,1-2H3,(H,18,19)(H,17,20,21). The molecular weight excluding hydrogens is 294 g/mol. The number of aromatic amines is 1. The van der Waals surface area contributed by atoms with Gasteiger partial charge < -0.3 is 10.1 Å². The quantitative estimate of drug-likeness (QED) is 0.720.